The van der Waals surface area contributed by atoms with Crippen molar-refractivity contribution < 1.29 is 8.81 Å². The Morgan fingerprint density at radius 1 is 1.21 bits per heavy atom. The lowest BCUT2D eigenvalue weighted by atomic mass is 9.99. The van der Waals surface area contributed by atoms with E-state index in [1.54, 1.807) is 12.1 Å². The second kappa shape index (κ2) is 5.74. The molecule has 0 aliphatic rings. The van der Waals surface area contributed by atoms with Crippen molar-refractivity contribution >= 4 is 11.0 Å². The van der Waals surface area contributed by atoms with Gasteiger partial charge in [-0.1, -0.05) is 27.7 Å². The van der Waals surface area contributed by atoms with E-state index in [-0.39, 0.29) is 5.82 Å². The Labute approximate surface area is 114 Å². The summed E-state index contributed by atoms with van der Waals surface area (Å²) in [6, 6.07) is 4.73. The summed E-state index contributed by atoms with van der Waals surface area (Å²) in [6.07, 6.45) is 0. The molecule has 0 aliphatic carbocycles. The van der Waals surface area contributed by atoms with Crippen LogP contribution in [0.3, 0.4) is 0 Å². The summed E-state index contributed by atoms with van der Waals surface area (Å²) in [7, 11) is 0. The van der Waals surface area contributed by atoms with Crippen LogP contribution in [0.15, 0.2) is 22.6 Å². The third kappa shape index (κ3) is 3.16. The Bertz CT molecular complexity index is 557. The standard InChI is InChI=1S/C16H22FNO/c1-10(2)8-18-9-15-16(11(3)4)13-7-12(17)5-6-14(13)19-15/h5-7,10-11,18H,8-9H2,1-4H3. The summed E-state index contributed by atoms with van der Waals surface area (Å²) >= 11 is 0. The van der Waals surface area contributed by atoms with Crippen molar-refractivity contribution in [3.63, 3.8) is 0 Å². The highest BCUT2D eigenvalue weighted by Gasteiger charge is 2.17. The lowest BCUT2D eigenvalue weighted by molar-refractivity contribution is 0.478. The fourth-order valence-corrected chi connectivity index (χ4v) is 2.38. The molecule has 0 atom stereocenters. The number of rotatable bonds is 5. The van der Waals surface area contributed by atoms with Crippen LogP contribution >= 0.6 is 0 Å². The van der Waals surface area contributed by atoms with Crippen molar-refractivity contribution in [2.45, 2.75) is 40.2 Å². The molecule has 1 N–H and O–H groups in total. The predicted molar refractivity (Wildman–Crippen MR) is 76.8 cm³/mol. The molecule has 0 amide bonds. The number of benzene rings is 1. The second-order valence-electron chi connectivity index (χ2n) is 5.76. The lowest BCUT2D eigenvalue weighted by Gasteiger charge is -2.09. The first kappa shape index (κ1) is 14.1. The SMILES string of the molecule is CC(C)CNCc1oc2ccc(F)cc2c1C(C)C. The average molecular weight is 263 g/mol. The van der Waals surface area contributed by atoms with Gasteiger partial charge in [-0.2, -0.15) is 0 Å². The molecule has 2 nitrogen and oxygen atoms in total. The maximum atomic E-state index is 13.4. The normalized spacial score (nSPS) is 11.9. The Morgan fingerprint density at radius 3 is 2.58 bits per heavy atom. The quantitative estimate of drug-likeness (QED) is 0.862. The number of halogens is 1. The molecule has 0 aliphatic heterocycles. The van der Waals surface area contributed by atoms with E-state index in [0.717, 1.165) is 28.8 Å². The van der Waals surface area contributed by atoms with Gasteiger partial charge >= 0.3 is 0 Å². The summed E-state index contributed by atoms with van der Waals surface area (Å²) in [5, 5.41) is 4.28. The van der Waals surface area contributed by atoms with E-state index in [2.05, 4.69) is 33.0 Å². The van der Waals surface area contributed by atoms with Crippen LogP contribution in [0.4, 0.5) is 4.39 Å². The fraction of sp³-hybridized carbons (Fsp3) is 0.500. The van der Waals surface area contributed by atoms with Crippen LogP contribution < -0.4 is 5.32 Å². The maximum Gasteiger partial charge on any atom is 0.134 e. The van der Waals surface area contributed by atoms with Gasteiger partial charge in [0.1, 0.15) is 17.2 Å². The van der Waals surface area contributed by atoms with Crippen LogP contribution in [0.5, 0.6) is 0 Å². The predicted octanol–water partition coefficient (Wildman–Crippen LogP) is 4.44. The Kier molecular flexibility index (Phi) is 4.25. The number of hydrogen-bond donors (Lipinski definition) is 1. The molecule has 1 aromatic heterocycles. The molecule has 0 spiro atoms. The van der Waals surface area contributed by atoms with Gasteiger partial charge in [-0.15, -0.1) is 0 Å². The third-order valence-electron chi connectivity index (χ3n) is 3.18. The Hall–Kier alpha value is -1.35. The first-order valence-corrected chi connectivity index (χ1v) is 6.90. The van der Waals surface area contributed by atoms with E-state index in [1.807, 2.05) is 0 Å². The topological polar surface area (TPSA) is 25.2 Å². The van der Waals surface area contributed by atoms with Crippen molar-refractivity contribution in [3.8, 4) is 0 Å². The molecule has 2 aromatic rings. The number of hydrogen-bond acceptors (Lipinski definition) is 2. The minimum atomic E-state index is -0.211. The zero-order valence-corrected chi connectivity index (χ0v) is 12.1. The molecule has 0 fully saturated rings. The van der Waals surface area contributed by atoms with E-state index in [9.17, 15) is 4.39 Å². The van der Waals surface area contributed by atoms with Gasteiger partial charge < -0.3 is 9.73 Å². The second-order valence-corrected chi connectivity index (χ2v) is 5.76. The van der Waals surface area contributed by atoms with E-state index >= 15 is 0 Å². The third-order valence-corrected chi connectivity index (χ3v) is 3.18. The van der Waals surface area contributed by atoms with Crippen LogP contribution in [0.25, 0.3) is 11.0 Å². The monoisotopic (exact) mass is 263 g/mol. The smallest absolute Gasteiger partial charge is 0.134 e. The Morgan fingerprint density at radius 2 is 1.95 bits per heavy atom. The summed E-state index contributed by atoms with van der Waals surface area (Å²) in [5.74, 6) is 1.64. The molecule has 0 unspecified atom stereocenters. The lowest BCUT2D eigenvalue weighted by Crippen LogP contribution is -2.19. The minimum Gasteiger partial charge on any atom is -0.459 e. The van der Waals surface area contributed by atoms with Crippen molar-refractivity contribution in [2.24, 2.45) is 5.92 Å². The van der Waals surface area contributed by atoms with Gasteiger partial charge in [0.2, 0.25) is 0 Å². The average Bonchev–Trinajstić information content (AvgIpc) is 2.65. The van der Waals surface area contributed by atoms with Crippen molar-refractivity contribution in [2.75, 3.05) is 6.54 Å². The van der Waals surface area contributed by atoms with Gasteiger partial charge in [-0.25, -0.2) is 4.39 Å². The van der Waals surface area contributed by atoms with Crippen molar-refractivity contribution in [1.29, 1.82) is 0 Å². The van der Waals surface area contributed by atoms with Crippen LogP contribution in [-0.4, -0.2) is 6.54 Å². The van der Waals surface area contributed by atoms with Crippen LogP contribution in [0.2, 0.25) is 0 Å². The van der Waals surface area contributed by atoms with Crippen LogP contribution in [0, 0.1) is 11.7 Å². The summed E-state index contributed by atoms with van der Waals surface area (Å²) < 4.78 is 19.3. The van der Waals surface area contributed by atoms with Crippen LogP contribution in [0.1, 0.15) is 44.9 Å². The fourth-order valence-electron chi connectivity index (χ4n) is 2.38. The van der Waals surface area contributed by atoms with Gasteiger partial charge in [0, 0.05) is 10.9 Å². The van der Waals surface area contributed by atoms with Crippen molar-refractivity contribution in [1.82, 2.24) is 5.32 Å². The molecular formula is C16H22FNO. The van der Waals surface area contributed by atoms with Crippen molar-refractivity contribution in [3.05, 3.63) is 35.3 Å². The summed E-state index contributed by atoms with van der Waals surface area (Å²) in [4.78, 5) is 0. The number of furan rings is 1. The number of fused-ring (bicyclic) bond motifs is 1. The van der Waals surface area contributed by atoms with E-state index in [0.29, 0.717) is 18.4 Å². The first-order valence-electron chi connectivity index (χ1n) is 6.90. The molecule has 19 heavy (non-hydrogen) atoms. The highest BCUT2D eigenvalue weighted by molar-refractivity contribution is 5.82. The van der Waals surface area contributed by atoms with Gasteiger partial charge in [0.25, 0.3) is 0 Å². The van der Waals surface area contributed by atoms with Gasteiger partial charge in [-0.05, 0) is 36.6 Å². The Balaban J connectivity index is 2.34. The molecule has 104 valence electrons. The van der Waals surface area contributed by atoms with E-state index < -0.39 is 0 Å². The molecule has 0 radical (unpaired) electrons. The molecule has 1 aromatic carbocycles. The zero-order chi connectivity index (χ0) is 14.0. The van der Waals surface area contributed by atoms with E-state index in [1.165, 1.54) is 6.07 Å². The van der Waals surface area contributed by atoms with Gasteiger partial charge in [0.15, 0.2) is 0 Å². The molecule has 0 bridgehead atoms. The largest absolute Gasteiger partial charge is 0.459 e. The molecular weight excluding hydrogens is 241 g/mol. The molecule has 1 heterocycles. The molecule has 0 saturated carbocycles. The molecule has 3 heteroatoms. The van der Waals surface area contributed by atoms with E-state index in [4.69, 9.17) is 4.42 Å². The first-order chi connectivity index (χ1) is 8.99. The molecule has 2 rings (SSSR count). The van der Waals surface area contributed by atoms with Crippen LogP contribution in [-0.2, 0) is 6.54 Å². The summed E-state index contributed by atoms with van der Waals surface area (Å²) in [5.41, 5.74) is 1.89. The zero-order valence-electron chi connectivity index (χ0n) is 12.1. The summed E-state index contributed by atoms with van der Waals surface area (Å²) in [6.45, 7) is 10.2. The van der Waals surface area contributed by atoms with Gasteiger partial charge in [-0.3, -0.25) is 0 Å². The number of nitrogens with one attached hydrogen (secondary N) is 1. The maximum absolute atomic E-state index is 13.4. The highest BCUT2D eigenvalue weighted by atomic mass is 19.1. The highest BCUT2D eigenvalue weighted by Crippen LogP contribution is 2.32. The molecule has 0 saturated heterocycles. The minimum absolute atomic E-state index is 0.211. The van der Waals surface area contributed by atoms with Gasteiger partial charge in [0.05, 0.1) is 6.54 Å².